The standard InChI is InChI=1S/C32H40N8O2/c1-20-7-10-23(11-8-20)28(37-19-29(41)40-15-5-6-26(40)18-33)17-32(31(34)38-39-35)22(3)21(2)9-12-24-16-25(30(42)36-4)13-14-27(24)32/h7-8,10-11,13-14,16,26,28,37H,5-6,9,12,15,17,19H2,1-4H3,(H,36,42)(H3,34,35,38). The molecule has 220 valence electrons. The number of aryl methyl sites for hydroxylation is 2. The molecule has 4 rings (SSSR count). The highest BCUT2D eigenvalue weighted by atomic mass is 16.2. The Morgan fingerprint density at radius 2 is 1.93 bits per heavy atom. The summed E-state index contributed by atoms with van der Waals surface area (Å²) in [4.78, 5) is 27.5. The molecule has 2 amide bonds. The van der Waals surface area contributed by atoms with Crippen LogP contribution in [0.2, 0.25) is 0 Å². The molecule has 1 saturated heterocycles. The van der Waals surface area contributed by atoms with Crippen LogP contribution in [0.3, 0.4) is 0 Å². The van der Waals surface area contributed by atoms with E-state index in [2.05, 4.69) is 34.0 Å². The molecule has 2 aromatic carbocycles. The van der Waals surface area contributed by atoms with Gasteiger partial charge in [-0.3, -0.25) is 9.59 Å². The molecular formula is C32H40N8O2. The normalized spacial score (nSPS) is 21.3. The van der Waals surface area contributed by atoms with Crippen LogP contribution < -0.4 is 16.4 Å². The third-order valence-corrected chi connectivity index (χ3v) is 8.91. The lowest BCUT2D eigenvalue weighted by Crippen LogP contribution is -2.47. The van der Waals surface area contributed by atoms with Gasteiger partial charge in [0.1, 0.15) is 11.9 Å². The van der Waals surface area contributed by atoms with E-state index in [-0.39, 0.29) is 30.2 Å². The Labute approximate surface area is 247 Å². The highest BCUT2D eigenvalue weighted by Crippen LogP contribution is 2.46. The second kappa shape index (κ2) is 13.1. The van der Waals surface area contributed by atoms with E-state index in [1.165, 1.54) is 0 Å². The van der Waals surface area contributed by atoms with Gasteiger partial charge in [-0.05, 0) is 81.7 Å². The third kappa shape index (κ3) is 5.97. The Kier molecular flexibility index (Phi) is 9.53. The molecule has 3 unspecified atom stereocenters. The fraction of sp³-hybridized carbons (Fsp3) is 0.438. The van der Waals surface area contributed by atoms with E-state index in [0.717, 1.165) is 46.2 Å². The SMILES string of the molecule is CNC(=O)c1ccc2c(c1)CCC(C)=C(C)C2(CC(NCC(=O)N1CCCC1C#N)c1ccc(C)cc1)C(N)=NN=N. The third-order valence-electron chi connectivity index (χ3n) is 8.91. The predicted molar refractivity (Wildman–Crippen MR) is 162 cm³/mol. The van der Waals surface area contributed by atoms with Crippen LogP contribution in [0.25, 0.3) is 0 Å². The monoisotopic (exact) mass is 568 g/mol. The van der Waals surface area contributed by atoms with Crippen molar-refractivity contribution in [3.63, 3.8) is 0 Å². The Hall–Kier alpha value is -4.36. The number of amidine groups is 1. The number of carbonyl (C=O) groups is 2. The van der Waals surface area contributed by atoms with E-state index >= 15 is 0 Å². The summed E-state index contributed by atoms with van der Waals surface area (Å²) in [5, 5.41) is 23.1. The van der Waals surface area contributed by atoms with Gasteiger partial charge in [-0.15, -0.1) is 5.10 Å². The second-order valence-electron chi connectivity index (χ2n) is 11.3. The van der Waals surface area contributed by atoms with Crippen molar-refractivity contribution in [2.75, 3.05) is 20.1 Å². The van der Waals surface area contributed by atoms with Crippen LogP contribution >= 0.6 is 0 Å². The molecule has 1 heterocycles. The summed E-state index contributed by atoms with van der Waals surface area (Å²) in [6.45, 7) is 6.77. The number of amides is 2. The average molecular weight is 569 g/mol. The molecule has 0 spiro atoms. The minimum Gasteiger partial charge on any atom is -0.385 e. The zero-order valence-corrected chi connectivity index (χ0v) is 24.8. The number of nitriles is 1. The number of likely N-dealkylation sites (tertiary alicyclic amines) is 1. The van der Waals surface area contributed by atoms with E-state index in [1.807, 2.05) is 50.2 Å². The number of nitrogens with zero attached hydrogens (tertiary/aromatic N) is 4. The van der Waals surface area contributed by atoms with Crippen molar-refractivity contribution in [3.8, 4) is 6.07 Å². The van der Waals surface area contributed by atoms with Gasteiger partial charge in [-0.2, -0.15) is 10.8 Å². The summed E-state index contributed by atoms with van der Waals surface area (Å²) < 4.78 is 0. The lowest BCUT2D eigenvalue weighted by atomic mass is 9.67. The Morgan fingerprint density at radius 3 is 2.60 bits per heavy atom. The minimum atomic E-state index is -0.962. The van der Waals surface area contributed by atoms with Gasteiger partial charge in [-0.1, -0.05) is 52.3 Å². The number of hydrogen-bond donors (Lipinski definition) is 4. The molecule has 1 aliphatic heterocycles. The zero-order valence-electron chi connectivity index (χ0n) is 24.8. The van der Waals surface area contributed by atoms with Crippen LogP contribution in [0.5, 0.6) is 0 Å². The van der Waals surface area contributed by atoms with Crippen LogP contribution in [-0.2, 0) is 16.6 Å². The van der Waals surface area contributed by atoms with Crippen molar-refractivity contribution < 1.29 is 9.59 Å². The number of fused-ring (bicyclic) bond motifs is 1. The number of carbonyl (C=O) groups excluding carboxylic acids is 2. The van der Waals surface area contributed by atoms with Gasteiger partial charge in [0, 0.05) is 25.2 Å². The molecule has 0 bridgehead atoms. The van der Waals surface area contributed by atoms with Gasteiger partial charge in [0.25, 0.3) is 5.91 Å². The van der Waals surface area contributed by atoms with E-state index in [9.17, 15) is 14.9 Å². The van der Waals surface area contributed by atoms with Crippen molar-refractivity contribution in [1.82, 2.24) is 15.5 Å². The maximum Gasteiger partial charge on any atom is 0.251 e. The molecule has 1 fully saturated rings. The molecule has 2 aromatic rings. The largest absolute Gasteiger partial charge is 0.385 e. The van der Waals surface area contributed by atoms with E-state index in [1.54, 1.807) is 18.0 Å². The first-order valence-electron chi connectivity index (χ1n) is 14.4. The van der Waals surface area contributed by atoms with Gasteiger partial charge in [0.2, 0.25) is 5.91 Å². The van der Waals surface area contributed by atoms with Crippen molar-refractivity contribution in [2.24, 2.45) is 16.1 Å². The van der Waals surface area contributed by atoms with Crippen molar-refractivity contribution in [2.45, 2.75) is 70.4 Å². The number of allylic oxidation sites excluding steroid dienone is 1. The average Bonchev–Trinajstić information content (AvgIpc) is 3.45. The van der Waals surface area contributed by atoms with Gasteiger partial charge in [0.15, 0.2) is 0 Å². The molecule has 5 N–H and O–H groups in total. The molecule has 10 nitrogen and oxygen atoms in total. The molecule has 42 heavy (non-hydrogen) atoms. The molecule has 1 aliphatic carbocycles. The van der Waals surface area contributed by atoms with Crippen LogP contribution in [0.1, 0.15) is 78.2 Å². The van der Waals surface area contributed by atoms with Crippen LogP contribution in [0.4, 0.5) is 0 Å². The Morgan fingerprint density at radius 1 is 1.19 bits per heavy atom. The topological polar surface area (TPSA) is 160 Å². The number of nitrogens with one attached hydrogen (secondary N) is 3. The van der Waals surface area contributed by atoms with E-state index in [4.69, 9.17) is 11.3 Å². The van der Waals surface area contributed by atoms with Crippen LogP contribution in [0, 0.1) is 23.8 Å². The summed E-state index contributed by atoms with van der Waals surface area (Å²) in [5.41, 5.74) is 20.0. The number of benzene rings is 2. The minimum absolute atomic E-state index is 0.0525. The van der Waals surface area contributed by atoms with Gasteiger partial charge in [0.05, 0.1) is 18.0 Å². The lowest BCUT2D eigenvalue weighted by molar-refractivity contribution is -0.130. The molecule has 0 saturated carbocycles. The summed E-state index contributed by atoms with van der Waals surface area (Å²) >= 11 is 0. The fourth-order valence-corrected chi connectivity index (χ4v) is 6.34. The predicted octanol–water partition coefficient (Wildman–Crippen LogP) is 4.41. The number of nitrogens with two attached hydrogens (primary N) is 1. The quantitative estimate of drug-likeness (QED) is 0.116. The highest BCUT2D eigenvalue weighted by Gasteiger charge is 2.45. The fourth-order valence-electron chi connectivity index (χ4n) is 6.34. The van der Waals surface area contributed by atoms with Crippen LogP contribution in [0.15, 0.2) is 63.9 Å². The maximum absolute atomic E-state index is 13.3. The highest BCUT2D eigenvalue weighted by molar-refractivity contribution is 5.97. The maximum atomic E-state index is 13.3. The Balaban J connectivity index is 1.84. The summed E-state index contributed by atoms with van der Waals surface area (Å²) in [6, 6.07) is 15.3. The second-order valence-corrected chi connectivity index (χ2v) is 11.3. The summed E-state index contributed by atoms with van der Waals surface area (Å²) in [7, 11) is 1.61. The zero-order chi connectivity index (χ0) is 30.4. The van der Waals surface area contributed by atoms with Crippen molar-refractivity contribution in [3.05, 3.63) is 81.4 Å². The first-order valence-corrected chi connectivity index (χ1v) is 14.4. The number of hydrogen-bond acceptors (Lipinski definition) is 6. The van der Waals surface area contributed by atoms with Gasteiger partial charge < -0.3 is 21.3 Å². The molecule has 0 aromatic heterocycles. The van der Waals surface area contributed by atoms with E-state index < -0.39 is 11.5 Å². The van der Waals surface area contributed by atoms with Gasteiger partial charge in [-0.25, -0.2) is 0 Å². The van der Waals surface area contributed by atoms with Crippen molar-refractivity contribution >= 4 is 17.6 Å². The molecular weight excluding hydrogens is 528 g/mol. The molecule has 10 heteroatoms. The molecule has 2 aliphatic rings. The van der Waals surface area contributed by atoms with E-state index in [0.29, 0.717) is 31.4 Å². The van der Waals surface area contributed by atoms with Crippen molar-refractivity contribution in [1.29, 1.82) is 10.8 Å². The smallest absolute Gasteiger partial charge is 0.251 e. The van der Waals surface area contributed by atoms with Gasteiger partial charge >= 0.3 is 0 Å². The summed E-state index contributed by atoms with van der Waals surface area (Å²) in [5.74, 6) is -0.111. The molecule has 3 atom stereocenters. The summed E-state index contributed by atoms with van der Waals surface area (Å²) in [6.07, 6.45) is 3.38. The molecule has 0 radical (unpaired) electrons. The first kappa shape index (κ1) is 30.6. The lowest BCUT2D eigenvalue weighted by Gasteiger charge is -2.39. The Bertz CT molecular complexity index is 1460. The van der Waals surface area contributed by atoms with Crippen LogP contribution in [-0.4, -0.2) is 48.7 Å². The first-order chi connectivity index (χ1) is 20.2. The number of rotatable bonds is 9.